The van der Waals surface area contributed by atoms with Gasteiger partial charge in [-0.05, 0) is 47.7 Å². The molecule has 0 aromatic carbocycles. The Labute approximate surface area is 123 Å². The normalized spacial score (nSPS) is 26.0. The molecule has 20 heavy (non-hydrogen) atoms. The number of carbonyl (C=O) groups is 1. The van der Waals surface area contributed by atoms with Gasteiger partial charge in [-0.1, -0.05) is 6.92 Å². The van der Waals surface area contributed by atoms with Gasteiger partial charge in [-0.3, -0.25) is 9.69 Å². The summed E-state index contributed by atoms with van der Waals surface area (Å²) in [6.07, 6.45) is 1.32. The van der Waals surface area contributed by atoms with Crippen molar-refractivity contribution in [1.82, 2.24) is 15.1 Å². The highest BCUT2D eigenvalue weighted by Crippen LogP contribution is 2.22. The smallest absolute Gasteiger partial charge is 0.237 e. The lowest BCUT2D eigenvalue weighted by atomic mass is 10.0. The highest BCUT2D eigenvalue weighted by Gasteiger charge is 2.37. The molecule has 3 atom stereocenters. The van der Waals surface area contributed by atoms with Crippen LogP contribution >= 0.6 is 0 Å². The zero-order valence-corrected chi connectivity index (χ0v) is 13.8. The van der Waals surface area contributed by atoms with Crippen LogP contribution in [0.5, 0.6) is 0 Å². The third-order valence-corrected chi connectivity index (χ3v) is 4.23. The molecule has 0 aliphatic carbocycles. The summed E-state index contributed by atoms with van der Waals surface area (Å²) in [6.45, 7) is 9.52. The number of β-amino-alcohol motifs (C(OH)–C–C–N with tert-alkyl or cyclic N) is 1. The summed E-state index contributed by atoms with van der Waals surface area (Å²) in [7, 11) is 4.04. The molecule has 0 spiro atoms. The van der Waals surface area contributed by atoms with Gasteiger partial charge in [-0.2, -0.15) is 0 Å². The van der Waals surface area contributed by atoms with Crippen molar-refractivity contribution in [3.63, 3.8) is 0 Å². The van der Waals surface area contributed by atoms with Crippen LogP contribution in [-0.4, -0.2) is 71.7 Å². The first-order chi connectivity index (χ1) is 9.16. The largest absolute Gasteiger partial charge is 0.392 e. The van der Waals surface area contributed by atoms with Gasteiger partial charge in [0, 0.05) is 24.7 Å². The molecule has 3 unspecified atom stereocenters. The number of aliphatic hydroxyl groups excluding tert-OH is 1. The number of hydrogen-bond acceptors (Lipinski definition) is 4. The highest BCUT2D eigenvalue weighted by molar-refractivity contribution is 5.82. The molecule has 1 heterocycles. The Hall–Kier alpha value is -0.650. The lowest BCUT2D eigenvalue weighted by molar-refractivity contribution is -0.128. The minimum absolute atomic E-state index is 0.0507. The Morgan fingerprint density at radius 1 is 1.50 bits per heavy atom. The topological polar surface area (TPSA) is 55.8 Å². The van der Waals surface area contributed by atoms with Gasteiger partial charge in [-0.25, -0.2) is 0 Å². The van der Waals surface area contributed by atoms with E-state index in [1.807, 2.05) is 34.9 Å². The van der Waals surface area contributed by atoms with Crippen LogP contribution in [0.25, 0.3) is 0 Å². The molecule has 5 heteroatoms. The zero-order valence-electron chi connectivity index (χ0n) is 13.8. The SMILES string of the molecule is CCC(C)(C)NC(=O)C(C)N1CC(O)CC1CN(C)C. The summed E-state index contributed by atoms with van der Waals surface area (Å²) in [5.74, 6) is 0.0507. The van der Waals surface area contributed by atoms with Gasteiger partial charge in [-0.15, -0.1) is 0 Å². The minimum Gasteiger partial charge on any atom is -0.392 e. The second-order valence-corrected chi connectivity index (χ2v) is 6.91. The predicted octanol–water partition coefficient (Wildman–Crippen LogP) is 0.677. The van der Waals surface area contributed by atoms with E-state index in [9.17, 15) is 9.90 Å². The first-order valence-electron chi connectivity index (χ1n) is 7.57. The number of amides is 1. The van der Waals surface area contributed by atoms with Crippen LogP contribution in [0.15, 0.2) is 0 Å². The van der Waals surface area contributed by atoms with Gasteiger partial charge in [0.2, 0.25) is 5.91 Å². The van der Waals surface area contributed by atoms with Gasteiger partial charge < -0.3 is 15.3 Å². The van der Waals surface area contributed by atoms with Gasteiger partial charge in [0.05, 0.1) is 12.1 Å². The van der Waals surface area contributed by atoms with E-state index in [1.165, 1.54) is 0 Å². The fourth-order valence-corrected chi connectivity index (χ4v) is 2.67. The molecular formula is C15H31N3O2. The molecule has 1 fully saturated rings. The van der Waals surface area contributed by atoms with Crippen LogP contribution in [0, 0.1) is 0 Å². The van der Waals surface area contributed by atoms with E-state index in [0.29, 0.717) is 6.54 Å². The molecule has 1 aliphatic heterocycles. The van der Waals surface area contributed by atoms with E-state index in [4.69, 9.17) is 0 Å². The molecule has 0 bridgehead atoms. The molecule has 2 N–H and O–H groups in total. The Kier molecular flexibility index (Phi) is 5.98. The third kappa shape index (κ3) is 4.72. The van der Waals surface area contributed by atoms with Crippen molar-refractivity contribution in [2.45, 2.75) is 64.3 Å². The molecule has 0 radical (unpaired) electrons. The van der Waals surface area contributed by atoms with Crippen LogP contribution < -0.4 is 5.32 Å². The van der Waals surface area contributed by atoms with Crippen LogP contribution in [-0.2, 0) is 4.79 Å². The van der Waals surface area contributed by atoms with Gasteiger partial charge >= 0.3 is 0 Å². The molecule has 5 nitrogen and oxygen atoms in total. The van der Waals surface area contributed by atoms with Crippen LogP contribution in [0.2, 0.25) is 0 Å². The Morgan fingerprint density at radius 2 is 2.10 bits per heavy atom. The minimum atomic E-state index is -0.325. The molecule has 0 saturated carbocycles. The number of nitrogens with zero attached hydrogens (tertiary/aromatic N) is 2. The van der Waals surface area contributed by atoms with Crippen molar-refractivity contribution < 1.29 is 9.90 Å². The average molecular weight is 285 g/mol. The second kappa shape index (κ2) is 6.87. The number of likely N-dealkylation sites (N-methyl/N-ethyl adjacent to an activating group) is 1. The molecule has 1 saturated heterocycles. The van der Waals surface area contributed by atoms with Crippen molar-refractivity contribution in [3.05, 3.63) is 0 Å². The van der Waals surface area contributed by atoms with Crippen LogP contribution in [0.3, 0.4) is 0 Å². The fraction of sp³-hybridized carbons (Fsp3) is 0.933. The lowest BCUT2D eigenvalue weighted by Crippen LogP contribution is -2.54. The van der Waals surface area contributed by atoms with E-state index in [-0.39, 0.29) is 29.6 Å². The number of hydrogen-bond donors (Lipinski definition) is 2. The molecule has 1 aliphatic rings. The van der Waals surface area contributed by atoms with Crippen molar-refractivity contribution in [3.8, 4) is 0 Å². The summed E-state index contributed by atoms with van der Waals surface area (Å²) >= 11 is 0. The second-order valence-electron chi connectivity index (χ2n) is 6.91. The van der Waals surface area contributed by atoms with Crippen molar-refractivity contribution in [1.29, 1.82) is 0 Å². The molecule has 1 rings (SSSR count). The highest BCUT2D eigenvalue weighted by atomic mass is 16.3. The number of nitrogens with one attached hydrogen (secondary N) is 1. The monoisotopic (exact) mass is 285 g/mol. The first kappa shape index (κ1) is 17.4. The maximum Gasteiger partial charge on any atom is 0.237 e. The van der Waals surface area contributed by atoms with E-state index in [0.717, 1.165) is 19.4 Å². The standard InChI is InChI=1S/C15H31N3O2/c1-7-15(3,4)16-14(20)11(2)18-10-13(19)8-12(18)9-17(5)6/h11-13,19H,7-10H2,1-6H3,(H,16,20). The van der Waals surface area contributed by atoms with E-state index >= 15 is 0 Å². The number of likely N-dealkylation sites (tertiary alicyclic amines) is 1. The Bertz CT molecular complexity index is 331. The third-order valence-electron chi connectivity index (χ3n) is 4.23. The first-order valence-corrected chi connectivity index (χ1v) is 7.57. The summed E-state index contributed by atoms with van der Waals surface area (Å²) in [6, 6.07) is 0.0356. The van der Waals surface area contributed by atoms with E-state index in [1.54, 1.807) is 0 Å². The van der Waals surface area contributed by atoms with Crippen LogP contribution in [0.4, 0.5) is 0 Å². The average Bonchev–Trinajstić information content (AvgIpc) is 2.67. The number of carbonyl (C=O) groups excluding carboxylic acids is 1. The van der Waals surface area contributed by atoms with E-state index in [2.05, 4.69) is 22.0 Å². The summed E-state index contributed by atoms with van der Waals surface area (Å²) < 4.78 is 0. The van der Waals surface area contributed by atoms with Gasteiger partial charge in [0.25, 0.3) is 0 Å². The molecule has 0 aromatic rings. The molecular weight excluding hydrogens is 254 g/mol. The maximum absolute atomic E-state index is 12.4. The Morgan fingerprint density at radius 3 is 2.60 bits per heavy atom. The number of rotatable bonds is 6. The Balaban J connectivity index is 2.68. The molecule has 1 amide bonds. The summed E-state index contributed by atoms with van der Waals surface area (Å²) in [4.78, 5) is 16.6. The zero-order chi connectivity index (χ0) is 15.5. The molecule has 118 valence electrons. The maximum atomic E-state index is 12.4. The summed E-state index contributed by atoms with van der Waals surface area (Å²) in [5, 5.41) is 13.0. The number of aliphatic hydroxyl groups is 1. The van der Waals surface area contributed by atoms with E-state index < -0.39 is 0 Å². The van der Waals surface area contributed by atoms with Gasteiger partial charge in [0.1, 0.15) is 0 Å². The van der Waals surface area contributed by atoms with Crippen LogP contribution in [0.1, 0.15) is 40.5 Å². The van der Waals surface area contributed by atoms with Crippen molar-refractivity contribution >= 4 is 5.91 Å². The fourth-order valence-electron chi connectivity index (χ4n) is 2.67. The molecule has 0 aromatic heterocycles. The summed E-state index contributed by atoms with van der Waals surface area (Å²) in [5.41, 5.74) is -0.180. The van der Waals surface area contributed by atoms with Crippen molar-refractivity contribution in [2.24, 2.45) is 0 Å². The predicted molar refractivity (Wildman–Crippen MR) is 81.6 cm³/mol. The van der Waals surface area contributed by atoms with Gasteiger partial charge in [0.15, 0.2) is 0 Å². The van der Waals surface area contributed by atoms with Crippen molar-refractivity contribution in [2.75, 3.05) is 27.2 Å². The quantitative estimate of drug-likeness (QED) is 0.753. The lowest BCUT2D eigenvalue weighted by Gasteiger charge is -2.34.